The molecule has 0 radical (unpaired) electrons. The van der Waals surface area contributed by atoms with E-state index in [0.29, 0.717) is 0 Å². The predicted octanol–water partition coefficient (Wildman–Crippen LogP) is 4.55. The number of hydrogen-bond donors (Lipinski definition) is 0. The van der Waals surface area contributed by atoms with Crippen LogP contribution < -0.4 is 0 Å². The van der Waals surface area contributed by atoms with E-state index in [1.165, 1.54) is 27.0 Å². The summed E-state index contributed by atoms with van der Waals surface area (Å²) in [7, 11) is 2.14. The van der Waals surface area contributed by atoms with E-state index in [1.807, 2.05) is 0 Å². The SMILES string of the molecule is CC1=[N+](C)c2cc(Br)c(C)c(Br)c2C1(C)C. The topological polar surface area (TPSA) is 3.01 Å². The first-order valence-electron chi connectivity index (χ1n) is 5.35. The monoisotopic (exact) mass is 344 g/mol. The summed E-state index contributed by atoms with van der Waals surface area (Å²) in [5, 5.41) is 0. The van der Waals surface area contributed by atoms with E-state index < -0.39 is 0 Å². The third-order valence-corrected chi connectivity index (χ3v) is 5.64. The molecule has 16 heavy (non-hydrogen) atoms. The molecule has 2 rings (SSSR count). The number of nitrogens with zero attached hydrogens (tertiary/aromatic N) is 1. The van der Waals surface area contributed by atoms with Crippen molar-refractivity contribution in [2.24, 2.45) is 0 Å². The van der Waals surface area contributed by atoms with Gasteiger partial charge in [-0.05, 0) is 42.3 Å². The normalized spacial score (nSPS) is 17.9. The molecule has 0 atom stereocenters. The Hall–Kier alpha value is -0.150. The summed E-state index contributed by atoms with van der Waals surface area (Å²) in [5.41, 5.74) is 5.46. The van der Waals surface area contributed by atoms with E-state index in [4.69, 9.17) is 0 Å². The molecular formula is C13H16Br2N+. The zero-order valence-electron chi connectivity index (χ0n) is 10.3. The Bertz CT molecular complexity index is 513. The molecule has 1 aliphatic heterocycles. The van der Waals surface area contributed by atoms with Crippen molar-refractivity contribution in [3.63, 3.8) is 0 Å². The fraction of sp³-hybridized carbons (Fsp3) is 0.462. The molecule has 0 aliphatic carbocycles. The van der Waals surface area contributed by atoms with Crippen molar-refractivity contribution in [3.8, 4) is 0 Å². The Morgan fingerprint density at radius 2 is 1.75 bits per heavy atom. The van der Waals surface area contributed by atoms with Gasteiger partial charge in [0.25, 0.3) is 0 Å². The Kier molecular flexibility index (Phi) is 2.83. The highest BCUT2D eigenvalue weighted by Crippen LogP contribution is 2.46. The summed E-state index contributed by atoms with van der Waals surface area (Å²) in [6.07, 6.45) is 0. The van der Waals surface area contributed by atoms with Crippen molar-refractivity contribution < 1.29 is 4.58 Å². The van der Waals surface area contributed by atoms with Gasteiger partial charge in [0.1, 0.15) is 7.05 Å². The lowest BCUT2D eigenvalue weighted by Crippen LogP contribution is -2.25. The Morgan fingerprint density at radius 3 is 2.31 bits per heavy atom. The maximum absolute atomic E-state index is 3.74. The van der Waals surface area contributed by atoms with Crippen LogP contribution in [0.3, 0.4) is 0 Å². The molecule has 86 valence electrons. The average Bonchev–Trinajstić information content (AvgIpc) is 2.37. The Labute approximate surface area is 114 Å². The molecule has 0 spiro atoms. The van der Waals surface area contributed by atoms with Gasteiger partial charge in [-0.2, -0.15) is 0 Å². The summed E-state index contributed by atoms with van der Waals surface area (Å²) in [6, 6.07) is 2.22. The second-order valence-electron chi connectivity index (χ2n) is 4.96. The molecule has 0 aromatic heterocycles. The molecule has 0 bridgehead atoms. The zero-order valence-corrected chi connectivity index (χ0v) is 13.5. The highest BCUT2D eigenvalue weighted by Gasteiger charge is 2.43. The molecule has 1 heterocycles. The molecule has 1 aromatic carbocycles. The predicted molar refractivity (Wildman–Crippen MR) is 76.1 cm³/mol. The molecule has 0 saturated carbocycles. The molecule has 0 unspecified atom stereocenters. The van der Waals surface area contributed by atoms with Crippen LogP contribution >= 0.6 is 31.9 Å². The molecule has 0 amide bonds. The van der Waals surface area contributed by atoms with E-state index in [-0.39, 0.29) is 5.41 Å². The van der Waals surface area contributed by atoms with E-state index in [0.717, 1.165) is 4.47 Å². The minimum atomic E-state index is 0.106. The standard InChI is InChI=1S/C13H16Br2N/c1-7-9(14)6-10-11(12(7)15)13(3,4)8(2)16(10)5/h6H,1-5H3/q+1. The van der Waals surface area contributed by atoms with Gasteiger partial charge in [0.05, 0.1) is 11.0 Å². The average molecular weight is 346 g/mol. The number of hydrogen-bond acceptors (Lipinski definition) is 0. The summed E-state index contributed by atoms with van der Waals surface area (Å²) >= 11 is 7.36. The van der Waals surface area contributed by atoms with Crippen LogP contribution in [-0.2, 0) is 5.41 Å². The molecular weight excluding hydrogens is 330 g/mol. The highest BCUT2D eigenvalue weighted by molar-refractivity contribution is 9.11. The second-order valence-corrected chi connectivity index (χ2v) is 6.61. The maximum atomic E-state index is 3.74. The summed E-state index contributed by atoms with van der Waals surface area (Å²) in [6.45, 7) is 8.90. The van der Waals surface area contributed by atoms with Crippen LogP contribution in [0.1, 0.15) is 31.9 Å². The molecule has 1 nitrogen and oxygen atoms in total. The third kappa shape index (κ3) is 1.44. The first-order chi connectivity index (χ1) is 7.28. The Morgan fingerprint density at radius 1 is 1.19 bits per heavy atom. The first kappa shape index (κ1) is 12.3. The zero-order chi connectivity index (χ0) is 12.2. The van der Waals surface area contributed by atoms with E-state index in [2.05, 4.69) is 77.2 Å². The van der Waals surface area contributed by atoms with Gasteiger partial charge in [-0.3, -0.25) is 0 Å². The molecule has 0 saturated heterocycles. The number of fused-ring (bicyclic) bond motifs is 1. The summed E-state index contributed by atoms with van der Waals surface area (Å²) in [5.74, 6) is 0. The van der Waals surface area contributed by atoms with Crippen molar-refractivity contribution in [2.45, 2.75) is 33.1 Å². The van der Waals surface area contributed by atoms with Gasteiger partial charge in [0, 0.05) is 21.9 Å². The summed E-state index contributed by atoms with van der Waals surface area (Å²) in [4.78, 5) is 0. The first-order valence-corrected chi connectivity index (χ1v) is 6.94. The van der Waals surface area contributed by atoms with Gasteiger partial charge in [-0.15, -0.1) is 0 Å². The van der Waals surface area contributed by atoms with Crippen LogP contribution in [0.5, 0.6) is 0 Å². The Balaban J connectivity index is 2.86. The van der Waals surface area contributed by atoms with Crippen molar-refractivity contribution in [1.29, 1.82) is 0 Å². The van der Waals surface area contributed by atoms with Crippen molar-refractivity contribution >= 4 is 43.3 Å². The highest BCUT2D eigenvalue weighted by atomic mass is 79.9. The van der Waals surface area contributed by atoms with Gasteiger partial charge >= 0.3 is 0 Å². The van der Waals surface area contributed by atoms with E-state index >= 15 is 0 Å². The van der Waals surface area contributed by atoms with Gasteiger partial charge < -0.3 is 0 Å². The fourth-order valence-electron chi connectivity index (χ4n) is 2.35. The van der Waals surface area contributed by atoms with Gasteiger partial charge in [-0.25, -0.2) is 4.58 Å². The maximum Gasteiger partial charge on any atom is 0.211 e. The van der Waals surface area contributed by atoms with Gasteiger partial charge in [0.15, 0.2) is 5.71 Å². The van der Waals surface area contributed by atoms with Crippen LogP contribution in [0, 0.1) is 6.92 Å². The molecule has 3 heteroatoms. The van der Waals surface area contributed by atoms with Gasteiger partial charge in [0.2, 0.25) is 5.69 Å². The lowest BCUT2D eigenvalue weighted by atomic mass is 9.82. The van der Waals surface area contributed by atoms with E-state index in [9.17, 15) is 0 Å². The van der Waals surface area contributed by atoms with Crippen molar-refractivity contribution in [2.75, 3.05) is 7.05 Å². The van der Waals surface area contributed by atoms with Crippen molar-refractivity contribution in [1.82, 2.24) is 0 Å². The van der Waals surface area contributed by atoms with Crippen LogP contribution in [-0.4, -0.2) is 17.3 Å². The molecule has 1 aromatic rings. The minimum absolute atomic E-state index is 0.106. The minimum Gasteiger partial charge on any atom is -0.202 e. The van der Waals surface area contributed by atoms with Crippen LogP contribution in [0.25, 0.3) is 0 Å². The second kappa shape index (κ2) is 3.67. The quantitative estimate of drug-likeness (QED) is 0.607. The lowest BCUT2D eigenvalue weighted by molar-refractivity contribution is -0.403. The summed E-state index contributed by atoms with van der Waals surface area (Å²) < 4.78 is 4.67. The molecule has 0 N–H and O–H groups in total. The van der Waals surface area contributed by atoms with Crippen molar-refractivity contribution in [3.05, 3.63) is 26.1 Å². The lowest BCUT2D eigenvalue weighted by Gasteiger charge is -2.18. The van der Waals surface area contributed by atoms with Crippen LogP contribution in [0.15, 0.2) is 15.0 Å². The smallest absolute Gasteiger partial charge is 0.202 e. The van der Waals surface area contributed by atoms with Gasteiger partial charge in [-0.1, -0.05) is 15.9 Å². The largest absolute Gasteiger partial charge is 0.211 e. The fourth-order valence-corrected chi connectivity index (χ4v) is 3.94. The third-order valence-electron chi connectivity index (χ3n) is 3.82. The molecule has 1 aliphatic rings. The number of rotatable bonds is 0. The van der Waals surface area contributed by atoms with Crippen LogP contribution in [0.2, 0.25) is 0 Å². The number of halogens is 2. The van der Waals surface area contributed by atoms with E-state index in [1.54, 1.807) is 0 Å². The molecule has 0 fully saturated rings. The number of benzene rings is 1. The van der Waals surface area contributed by atoms with Crippen LogP contribution in [0.4, 0.5) is 5.69 Å².